The summed E-state index contributed by atoms with van der Waals surface area (Å²) in [6.07, 6.45) is -3.68. The van der Waals surface area contributed by atoms with E-state index in [1.165, 1.54) is 4.90 Å². The Bertz CT molecular complexity index is 819. The fourth-order valence-corrected chi connectivity index (χ4v) is 4.44. The van der Waals surface area contributed by atoms with E-state index in [0.29, 0.717) is 25.9 Å². The SMILES string of the molecule is O=C(CC(F)(F)F)N1C[C@H]2C[C@@H](n3cnc4ccccc43)[C@H](O)C[C@H]2C1. The summed E-state index contributed by atoms with van der Waals surface area (Å²) in [5.41, 5.74) is 1.77. The Morgan fingerprint density at radius 1 is 1.19 bits per heavy atom. The molecule has 0 radical (unpaired) electrons. The molecule has 0 spiro atoms. The Morgan fingerprint density at radius 2 is 1.88 bits per heavy atom. The monoisotopic (exact) mass is 367 g/mol. The molecule has 1 aliphatic carbocycles. The predicted octanol–water partition coefficient (Wildman–Crippen LogP) is 2.76. The standard InChI is InChI=1S/C18H20F3N3O2/c19-18(20,21)7-17(26)23-8-11-5-15(16(25)6-12(11)9-23)24-10-22-13-3-1-2-4-14(13)24/h1-4,10-12,15-16,25H,5-9H2/t11-,12+,15-,16-/m1/s1. The fraction of sp³-hybridized carbons (Fsp3) is 0.556. The number of aliphatic hydroxyl groups is 1. The molecule has 8 heteroatoms. The number of halogens is 3. The molecule has 1 aliphatic heterocycles. The van der Waals surface area contributed by atoms with E-state index in [0.717, 1.165) is 11.0 Å². The van der Waals surface area contributed by atoms with Crippen LogP contribution in [0.1, 0.15) is 25.3 Å². The number of amides is 1. The van der Waals surface area contributed by atoms with Gasteiger partial charge in [-0.25, -0.2) is 4.98 Å². The molecule has 140 valence electrons. The van der Waals surface area contributed by atoms with E-state index in [4.69, 9.17) is 0 Å². The van der Waals surface area contributed by atoms with E-state index in [-0.39, 0.29) is 17.9 Å². The smallest absolute Gasteiger partial charge is 0.391 e. The number of para-hydroxylation sites is 2. The highest BCUT2D eigenvalue weighted by atomic mass is 19.4. The van der Waals surface area contributed by atoms with E-state index in [2.05, 4.69) is 4.98 Å². The average molecular weight is 367 g/mol. The highest BCUT2D eigenvalue weighted by Gasteiger charge is 2.45. The second-order valence-corrected chi connectivity index (χ2v) is 7.36. The molecule has 5 nitrogen and oxygen atoms in total. The molecular formula is C18H20F3N3O2. The van der Waals surface area contributed by atoms with Crippen LogP contribution in [0.2, 0.25) is 0 Å². The average Bonchev–Trinajstić information content (AvgIpc) is 3.16. The third kappa shape index (κ3) is 3.18. The van der Waals surface area contributed by atoms with Crippen LogP contribution in [0.3, 0.4) is 0 Å². The Hall–Kier alpha value is -2.09. The van der Waals surface area contributed by atoms with Crippen molar-refractivity contribution in [3.8, 4) is 0 Å². The predicted molar refractivity (Wildman–Crippen MR) is 88.2 cm³/mol. The van der Waals surface area contributed by atoms with Crippen LogP contribution in [-0.2, 0) is 4.79 Å². The number of aromatic nitrogens is 2. The lowest BCUT2D eigenvalue weighted by Gasteiger charge is -2.36. The van der Waals surface area contributed by atoms with Crippen LogP contribution >= 0.6 is 0 Å². The molecule has 1 saturated heterocycles. The molecule has 2 fully saturated rings. The van der Waals surface area contributed by atoms with Crippen molar-refractivity contribution in [1.82, 2.24) is 14.5 Å². The third-order valence-corrected chi connectivity index (χ3v) is 5.65. The molecule has 0 bridgehead atoms. The summed E-state index contributed by atoms with van der Waals surface area (Å²) in [6.45, 7) is 0.628. The number of carbonyl (C=O) groups excluding carboxylic acids is 1. The normalized spacial score (nSPS) is 29.2. The van der Waals surface area contributed by atoms with Gasteiger partial charge in [-0.15, -0.1) is 0 Å². The third-order valence-electron chi connectivity index (χ3n) is 5.65. The molecule has 26 heavy (non-hydrogen) atoms. The van der Waals surface area contributed by atoms with Gasteiger partial charge >= 0.3 is 6.18 Å². The zero-order valence-electron chi connectivity index (χ0n) is 14.1. The van der Waals surface area contributed by atoms with Crippen LogP contribution in [0.15, 0.2) is 30.6 Å². The van der Waals surface area contributed by atoms with Gasteiger partial charge in [0.25, 0.3) is 0 Å². The van der Waals surface area contributed by atoms with Gasteiger partial charge in [0.1, 0.15) is 6.42 Å². The van der Waals surface area contributed by atoms with Gasteiger partial charge in [0.15, 0.2) is 0 Å². The van der Waals surface area contributed by atoms with Gasteiger partial charge in [-0.2, -0.15) is 13.2 Å². The van der Waals surface area contributed by atoms with Crippen molar-refractivity contribution >= 4 is 16.9 Å². The van der Waals surface area contributed by atoms with E-state index >= 15 is 0 Å². The minimum absolute atomic E-state index is 0.0493. The quantitative estimate of drug-likeness (QED) is 0.888. The fourth-order valence-electron chi connectivity index (χ4n) is 4.44. The molecule has 4 rings (SSSR count). The molecule has 1 aromatic heterocycles. The summed E-state index contributed by atoms with van der Waals surface area (Å²) >= 11 is 0. The minimum atomic E-state index is -4.48. The van der Waals surface area contributed by atoms with Crippen molar-refractivity contribution in [2.45, 2.75) is 37.6 Å². The van der Waals surface area contributed by atoms with Crippen molar-refractivity contribution in [3.05, 3.63) is 30.6 Å². The Morgan fingerprint density at radius 3 is 2.62 bits per heavy atom. The van der Waals surface area contributed by atoms with Gasteiger partial charge in [-0.3, -0.25) is 4.79 Å². The second-order valence-electron chi connectivity index (χ2n) is 7.36. The van der Waals surface area contributed by atoms with Gasteiger partial charge < -0.3 is 14.6 Å². The Kier molecular flexibility index (Phi) is 4.17. The van der Waals surface area contributed by atoms with Crippen LogP contribution < -0.4 is 0 Å². The molecule has 4 atom stereocenters. The number of hydrogen-bond donors (Lipinski definition) is 1. The summed E-state index contributed by atoms with van der Waals surface area (Å²) in [4.78, 5) is 17.6. The minimum Gasteiger partial charge on any atom is -0.391 e. The largest absolute Gasteiger partial charge is 0.397 e. The summed E-state index contributed by atoms with van der Waals surface area (Å²) < 4.78 is 39.4. The molecule has 0 unspecified atom stereocenters. The first-order valence-corrected chi connectivity index (χ1v) is 8.76. The summed E-state index contributed by atoms with van der Waals surface area (Å²) in [7, 11) is 0. The van der Waals surface area contributed by atoms with Crippen molar-refractivity contribution < 1.29 is 23.1 Å². The van der Waals surface area contributed by atoms with Gasteiger partial charge in [0.05, 0.1) is 29.5 Å². The molecule has 2 aliphatic rings. The van der Waals surface area contributed by atoms with Crippen LogP contribution in [0.4, 0.5) is 13.2 Å². The molecule has 1 saturated carbocycles. The molecule has 2 heterocycles. The number of hydrogen-bond acceptors (Lipinski definition) is 3. The summed E-state index contributed by atoms with van der Waals surface area (Å²) in [6, 6.07) is 7.47. The number of rotatable bonds is 2. The number of fused-ring (bicyclic) bond motifs is 2. The van der Waals surface area contributed by atoms with Crippen molar-refractivity contribution in [2.75, 3.05) is 13.1 Å². The Labute approximate surface area is 148 Å². The number of likely N-dealkylation sites (tertiary alicyclic amines) is 1. The molecular weight excluding hydrogens is 347 g/mol. The van der Waals surface area contributed by atoms with Gasteiger partial charge in [0, 0.05) is 13.1 Å². The maximum atomic E-state index is 12.5. The van der Waals surface area contributed by atoms with Crippen LogP contribution in [-0.4, -0.2) is 50.8 Å². The number of benzene rings is 1. The lowest BCUT2D eigenvalue weighted by Crippen LogP contribution is -2.36. The van der Waals surface area contributed by atoms with Crippen LogP contribution in [0.5, 0.6) is 0 Å². The zero-order valence-corrected chi connectivity index (χ0v) is 14.1. The summed E-state index contributed by atoms with van der Waals surface area (Å²) in [5, 5.41) is 10.6. The maximum Gasteiger partial charge on any atom is 0.397 e. The second kappa shape index (κ2) is 6.26. The van der Waals surface area contributed by atoms with Crippen LogP contribution in [0.25, 0.3) is 11.0 Å². The number of nitrogens with zero attached hydrogens (tertiary/aromatic N) is 3. The van der Waals surface area contributed by atoms with E-state index in [1.54, 1.807) is 6.33 Å². The highest BCUT2D eigenvalue weighted by molar-refractivity contribution is 5.77. The van der Waals surface area contributed by atoms with E-state index in [9.17, 15) is 23.1 Å². The molecule has 1 amide bonds. The first-order valence-electron chi connectivity index (χ1n) is 8.76. The first kappa shape index (κ1) is 17.3. The summed E-state index contributed by atoms with van der Waals surface area (Å²) in [5.74, 6) is -0.721. The maximum absolute atomic E-state index is 12.5. The lowest BCUT2D eigenvalue weighted by atomic mass is 9.77. The molecule has 1 N–H and O–H groups in total. The number of aliphatic hydroxyl groups excluding tert-OH is 1. The van der Waals surface area contributed by atoms with E-state index in [1.807, 2.05) is 28.8 Å². The Balaban J connectivity index is 1.51. The van der Waals surface area contributed by atoms with Crippen molar-refractivity contribution in [2.24, 2.45) is 11.8 Å². The number of carbonyl (C=O) groups is 1. The zero-order chi connectivity index (χ0) is 18.5. The lowest BCUT2D eigenvalue weighted by molar-refractivity contribution is -0.160. The number of alkyl halides is 3. The topological polar surface area (TPSA) is 58.4 Å². The van der Waals surface area contributed by atoms with E-state index < -0.39 is 24.6 Å². The molecule has 1 aromatic carbocycles. The van der Waals surface area contributed by atoms with Crippen LogP contribution in [0, 0.1) is 11.8 Å². The first-order chi connectivity index (χ1) is 12.3. The van der Waals surface area contributed by atoms with Crippen molar-refractivity contribution in [3.63, 3.8) is 0 Å². The van der Waals surface area contributed by atoms with Gasteiger partial charge in [-0.1, -0.05) is 12.1 Å². The number of imidazole rings is 1. The van der Waals surface area contributed by atoms with Gasteiger partial charge in [0.2, 0.25) is 5.91 Å². The van der Waals surface area contributed by atoms with Gasteiger partial charge in [-0.05, 0) is 36.8 Å². The highest BCUT2D eigenvalue weighted by Crippen LogP contribution is 2.42. The van der Waals surface area contributed by atoms with Crippen molar-refractivity contribution in [1.29, 1.82) is 0 Å². The molecule has 2 aromatic rings.